The average molecular weight is 286 g/mol. The van der Waals surface area contributed by atoms with Crippen molar-refractivity contribution in [2.75, 3.05) is 13.6 Å². The Morgan fingerprint density at radius 1 is 1.24 bits per heavy atom. The van der Waals surface area contributed by atoms with E-state index in [0.29, 0.717) is 0 Å². The normalized spacial score (nSPS) is 12.7. The lowest BCUT2D eigenvalue weighted by atomic mass is 10.1. The number of aryl methyl sites for hydroxylation is 1. The van der Waals surface area contributed by atoms with Crippen LogP contribution in [0.15, 0.2) is 35.5 Å². The molecular weight excluding hydrogens is 260 g/mol. The van der Waals surface area contributed by atoms with Gasteiger partial charge in [0.1, 0.15) is 0 Å². The number of nitrogens with one attached hydrogen (secondary N) is 3. The molecular formula is C17H26N4. The van der Waals surface area contributed by atoms with Crippen LogP contribution in [0, 0.1) is 0 Å². The Labute approximate surface area is 127 Å². The van der Waals surface area contributed by atoms with E-state index >= 15 is 0 Å². The van der Waals surface area contributed by atoms with E-state index in [1.54, 1.807) is 7.05 Å². The number of nitrogens with zero attached hydrogens (tertiary/aromatic N) is 1. The van der Waals surface area contributed by atoms with E-state index in [0.717, 1.165) is 25.3 Å². The molecule has 1 aromatic heterocycles. The van der Waals surface area contributed by atoms with Gasteiger partial charge >= 0.3 is 0 Å². The van der Waals surface area contributed by atoms with Crippen LogP contribution in [-0.2, 0) is 6.42 Å². The van der Waals surface area contributed by atoms with Crippen molar-refractivity contribution < 1.29 is 0 Å². The summed E-state index contributed by atoms with van der Waals surface area (Å²) in [5, 5.41) is 8.06. The van der Waals surface area contributed by atoms with Gasteiger partial charge in [-0.3, -0.25) is 4.99 Å². The van der Waals surface area contributed by atoms with E-state index in [2.05, 4.69) is 71.8 Å². The quantitative estimate of drug-likeness (QED) is 0.459. The van der Waals surface area contributed by atoms with Gasteiger partial charge < -0.3 is 15.6 Å². The Morgan fingerprint density at radius 3 is 2.71 bits per heavy atom. The summed E-state index contributed by atoms with van der Waals surface area (Å²) in [6.45, 7) is 7.30. The largest absolute Gasteiger partial charge is 0.361 e. The molecule has 114 valence electrons. The monoisotopic (exact) mass is 286 g/mol. The lowest BCUT2D eigenvalue weighted by Gasteiger charge is -2.23. The molecule has 21 heavy (non-hydrogen) atoms. The molecule has 3 N–H and O–H groups in total. The van der Waals surface area contributed by atoms with Crippen LogP contribution >= 0.6 is 0 Å². The first-order valence-electron chi connectivity index (χ1n) is 7.53. The fourth-order valence-electron chi connectivity index (χ4n) is 2.36. The number of guanidine groups is 1. The number of H-pyrrole nitrogens is 1. The number of rotatable bonds is 4. The summed E-state index contributed by atoms with van der Waals surface area (Å²) in [6, 6.07) is 8.44. The molecule has 0 saturated heterocycles. The molecule has 0 radical (unpaired) electrons. The van der Waals surface area contributed by atoms with Crippen molar-refractivity contribution in [1.82, 2.24) is 15.6 Å². The van der Waals surface area contributed by atoms with Crippen LogP contribution in [0.3, 0.4) is 0 Å². The summed E-state index contributed by atoms with van der Waals surface area (Å²) < 4.78 is 0. The first-order valence-corrected chi connectivity index (χ1v) is 7.53. The van der Waals surface area contributed by atoms with Gasteiger partial charge in [-0.05, 0) is 45.2 Å². The van der Waals surface area contributed by atoms with Gasteiger partial charge in [0.15, 0.2) is 5.96 Å². The highest BCUT2D eigenvalue weighted by molar-refractivity contribution is 5.83. The summed E-state index contributed by atoms with van der Waals surface area (Å²) in [4.78, 5) is 7.57. The Hall–Kier alpha value is -1.97. The number of aromatic nitrogens is 1. The maximum atomic E-state index is 4.25. The van der Waals surface area contributed by atoms with Crippen LogP contribution in [0.4, 0.5) is 0 Å². The van der Waals surface area contributed by atoms with E-state index in [9.17, 15) is 0 Å². The molecule has 0 spiro atoms. The van der Waals surface area contributed by atoms with Gasteiger partial charge in [-0.25, -0.2) is 0 Å². The molecule has 0 saturated carbocycles. The van der Waals surface area contributed by atoms with Crippen molar-refractivity contribution in [2.24, 2.45) is 4.99 Å². The molecule has 0 aliphatic rings. The zero-order valence-electron chi connectivity index (χ0n) is 13.5. The minimum atomic E-state index is 0.0265. The highest BCUT2D eigenvalue weighted by Crippen LogP contribution is 2.18. The van der Waals surface area contributed by atoms with E-state index in [-0.39, 0.29) is 5.54 Å². The lowest BCUT2D eigenvalue weighted by Crippen LogP contribution is -2.47. The molecule has 1 aromatic carbocycles. The predicted molar refractivity (Wildman–Crippen MR) is 90.9 cm³/mol. The first-order chi connectivity index (χ1) is 9.99. The van der Waals surface area contributed by atoms with Gasteiger partial charge in [-0.1, -0.05) is 18.2 Å². The highest BCUT2D eigenvalue weighted by atomic mass is 15.2. The van der Waals surface area contributed by atoms with Crippen molar-refractivity contribution in [2.45, 2.75) is 39.2 Å². The van der Waals surface area contributed by atoms with Crippen LogP contribution in [0.25, 0.3) is 10.9 Å². The zero-order valence-corrected chi connectivity index (χ0v) is 13.5. The van der Waals surface area contributed by atoms with Crippen LogP contribution < -0.4 is 10.6 Å². The van der Waals surface area contributed by atoms with Crippen molar-refractivity contribution in [1.29, 1.82) is 0 Å². The fourth-order valence-corrected chi connectivity index (χ4v) is 2.36. The standard InChI is InChI=1S/C17H26N4/c1-17(2,3)21-16(18-4)19-11-7-8-13-12-20-15-10-6-5-9-14(13)15/h5-6,9-10,12,20H,7-8,11H2,1-4H3,(H2,18,19,21). The summed E-state index contributed by atoms with van der Waals surface area (Å²) in [7, 11) is 1.81. The van der Waals surface area contributed by atoms with Gasteiger partial charge in [-0.15, -0.1) is 0 Å². The zero-order chi connectivity index (χ0) is 15.3. The fraction of sp³-hybridized carbons (Fsp3) is 0.471. The molecule has 0 aliphatic heterocycles. The Morgan fingerprint density at radius 2 is 2.00 bits per heavy atom. The minimum Gasteiger partial charge on any atom is -0.361 e. The second kappa shape index (κ2) is 6.66. The molecule has 0 aliphatic carbocycles. The summed E-state index contributed by atoms with van der Waals surface area (Å²) in [5.41, 5.74) is 2.62. The van der Waals surface area contributed by atoms with Crippen molar-refractivity contribution >= 4 is 16.9 Å². The van der Waals surface area contributed by atoms with E-state index in [1.807, 2.05) is 0 Å². The molecule has 0 amide bonds. The van der Waals surface area contributed by atoms with Crippen molar-refractivity contribution in [3.05, 3.63) is 36.0 Å². The number of aromatic amines is 1. The van der Waals surface area contributed by atoms with Crippen LogP contribution in [0.1, 0.15) is 32.8 Å². The Kier molecular flexibility index (Phi) is 4.89. The van der Waals surface area contributed by atoms with Gasteiger partial charge in [-0.2, -0.15) is 0 Å². The van der Waals surface area contributed by atoms with Crippen LogP contribution in [-0.4, -0.2) is 30.1 Å². The summed E-state index contributed by atoms with van der Waals surface area (Å²) in [5.74, 6) is 0.862. The molecule has 0 atom stereocenters. The SMILES string of the molecule is CN=C(NCCCc1c[nH]c2ccccc12)NC(C)(C)C. The molecule has 2 rings (SSSR count). The molecule has 1 heterocycles. The van der Waals surface area contributed by atoms with Crippen molar-refractivity contribution in [3.63, 3.8) is 0 Å². The average Bonchev–Trinajstić information content (AvgIpc) is 2.84. The lowest BCUT2D eigenvalue weighted by molar-refractivity contribution is 0.501. The van der Waals surface area contributed by atoms with Crippen molar-refractivity contribution in [3.8, 4) is 0 Å². The van der Waals surface area contributed by atoms with Gasteiger partial charge in [0.25, 0.3) is 0 Å². The molecule has 4 heteroatoms. The Balaban J connectivity index is 1.82. The number of hydrogen-bond donors (Lipinski definition) is 3. The first kappa shape index (κ1) is 15.4. The number of fused-ring (bicyclic) bond motifs is 1. The minimum absolute atomic E-state index is 0.0265. The summed E-state index contributed by atoms with van der Waals surface area (Å²) in [6.07, 6.45) is 4.25. The third kappa shape index (κ3) is 4.52. The third-order valence-corrected chi connectivity index (χ3v) is 3.31. The van der Waals surface area contributed by atoms with E-state index in [4.69, 9.17) is 0 Å². The summed E-state index contributed by atoms with van der Waals surface area (Å²) >= 11 is 0. The maximum absolute atomic E-state index is 4.25. The second-order valence-electron chi connectivity index (χ2n) is 6.34. The number of para-hydroxylation sites is 1. The van der Waals surface area contributed by atoms with Gasteiger partial charge in [0.2, 0.25) is 0 Å². The molecule has 0 fully saturated rings. The topological polar surface area (TPSA) is 52.2 Å². The maximum Gasteiger partial charge on any atom is 0.191 e. The molecule has 0 unspecified atom stereocenters. The van der Waals surface area contributed by atoms with Gasteiger partial charge in [0.05, 0.1) is 0 Å². The number of benzene rings is 1. The number of aliphatic imine (C=N–C) groups is 1. The van der Waals surface area contributed by atoms with Crippen LogP contribution in [0.5, 0.6) is 0 Å². The Bertz CT molecular complexity index is 605. The second-order valence-corrected chi connectivity index (χ2v) is 6.34. The smallest absolute Gasteiger partial charge is 0.191 e. The molecule has 4 nitrogen and oxygen atoms in total. The van der Waals surface area contributed by atoms with Gasteiger partial charge in [0, 0.05) is 36.2 Å². The third-order valence-electron chi connectivity index (χ3n) is 3.31. The molecule has 2 aromatic rings. The van der Waals surface area contributed by atoms with Crippen LogP contribution in [0.2, 0.25) is 0 Å². The molecule has 0 bridgehead atoms. The highest BCUT2D eigenvalue weighted by Gasteiger charge is 2.11. The number of hydrogen-bond acceptors (Lipinski definition) is 1. The predicted octanol–water partition coefficient (Wildman–Crippen LogP) is 3.06. The van der Waals surface area contributed by atoms with E-state index in [1.165, 1.54) is 16.5 Å². The van der Waals surface area contributed by atoms with E-state index < -0.39 is 0 Å².